The molecule has 1 amide bonds. The number of carbonyl (C=O) groups excluding carboxylic acids is 2. The van der Waals surface area contributed by atoms with E-state index in [1.807, 2.05) is 20.8 Å². The number of rotatable bonds is 21. The number of carboxylic acid groups (broad SMARTS) is 1. The van der Waals surface area contributed by atoms with E-state index in [0.717, 1.165) is 31.8 Å². The number of benzene rings is 1. The summed E-state index contributed by atoms with van der Waals surface area (Å²) in [5.74, 6) is -0.134. The van der Waals surface area contributed by atoms with Crippen molar-refractivity contribution in [3.63, 3.8) is 0 Å². The lowest BCUT2D eigenvalue weighted by atomic mass is 10.2. The molecule has 0 saturated heterocycles. The van der Waals surface area contributed by atoms with Crippen LogP contribution in [0, 0.1) is 0 Å². The van der Waals surface area contributed by atoms with Crippen molar-refractivity contribution in [1.29, 1.82) is 0 Å². The topological polar surface area (TPSA) is 125 Å². The van der Waals surface area contributed by atoms with E-state index >= 15 is 0 Å². The van der Waals surface area contributed by atoms with Gasteiger partial charge in [0.2, 0.25) is 0 Å². The van der Waals surface area contributed by atoms with E-state index in [4.69, 9.17) is 27.5 Å². The zero-order valence-electron chi connectivity index (χ0n) is 22.5. The van der Waals surface area contributed by atoms with Gasteiger partial charge in [0.25, 0.3) is 0 Å². The van der Waals surface area contributed by atoms with E-state index < -0.39 is 20.9 Å². The molecule has 11 heteroatoms. The molecule has 0 heterocycles. The van der Waals surface area contributed by atoms with Crippen molar-refractivity contribution < 1.29 is 42.2 Å². The molecule has 1 aromatic rings. The van der Waals surface area contributed by atoms with Crippen LogP contribution >= 0.6 is 0 Å². The minimum Gasteiger partial charge on any atom is -0.545 e. The van der Waals surface area contributed by atoms with Crippen molar-refractivity contribution in [2.45, 2.75) is 58.9 Å². The lowest BCUT2D eigenvalue weighted by molar-refractivity contribution is -0.297. The first-order valence-electron chi connectivity index (χ1n) is 12.9. The molecule has 1 N–H and O–H groups in total. The molecule has 0 aliphatic carbocycles. The fourth-order valence-corrected chi connectivity index (χ4v) is 6.14. The van der Waals surface area contributed by atoms with E-state index in [-0.39, 0.29) is 0 Å². The zero-order chi connectivity index (χ0) is 27.4. The van der Waals surface area contributed by atoms with Gasteiger partial charge < -0.3 is 42.7 Å². The first-order valence-corrected chi connectivity index (χ1v) is 14.8. The molecule has 0 aliphatic heterocycles. The minimum absolute atomic E-state index is 0.358. The van der Waals surface area contributed by atoms with Gasteiger partial charge in [-0.3, -0.25) is 0 Å². The number of unbranched alkanes of at least 4 members (excludes halogenated alkanes) is 3. The van der Waals surface area contributed by atoms with Crippen LogP contribution in [0.15, 0.2) is 24.3 Å². The summed E-state index contributed by atoms with van der Waals surface area (Å²) >= 11 is 0. The Kier molecular flexibility index (Phi) is 17.1. The first kappa shape index (κ1) is 32.4. The zero-order valence-corrected chi connectivity index (χ0v) is 23.5. The number of amides is 1. The minimum atomic E-state index is -2.69. The van der Waals surface area contributed by atoms with Crippen LogP contribution in [0.5, 0.6) is 11.5 Å². The Morgan fingerprint density at radius 2 is 1.57 bits per heavy atom. The van der Waals surface area contributed by atoms with Crippen LogP contribution in [0.3, 0.4) is 0 Å². The summed E-state index contributed by atoms with van der Waals surface area (Å²) in [7, 11) is -1.16. The molecule has 10 nitrogen and oxygen atoms in total. The third-order valence-electron chi connectivity index (χ3n) is 5.15. The predicted octanol–water partition coefficient (Wildman–Crippen LogP) is 3.56. The van der Waals surface area contributed by atoms with Crippen molar-refractivity contribution in [2.24, 2.45) is 0 Å². The van der Waals surface area contributed by atoms with Gasteiger partial charge in [-0.15, -0.1) is 0 Å². The van der Waals surface area contributed by atoms with Gasteiger partial charge in [0.15, 0.2) is 11.5 Å². The Morgan fingerprint density at radius 3 is 2.16 bits per heavy atom. The molecule has 0 saturated carbocycles. The van der Waals surface area contributed by atoms with Crippen molar-refractivity contribution in [3.05, 3.63) is 29.8 Å². The molecule has 210 valence electrons. The quantitative estimate of drug-likeness (QED) is 0.142. The SMILES string of the molecule is CCO[Si](CCCNC(=O)OCCCCCCOc1ccc(/C=C/C(=O)[O-])cc1OC)(OCC)OCC. The van der Waals surface area contributed by atoms with Gasteiger partial charge in [0.1, 0.15) is 0 Å². The number of nitrogens with one attached hydrogen (secondary N) is 1. The van der Waals surface area contributed by atoms with Crippen LogP contribution in [0.4, 0.5) is 4.79 Å². The molecule has 37 heavy (non-hydrogen) atoms. The van der Waals surface area contributed by atoms with Gasteiger partial charge in [0, 0.05) is 32.4 Å². The number of alkyl carbamates (subject to hydrolysis) is 1. The first-order chi connectivity index (χ1) is 17.9. The highest BCUT2D eigenvalue weighted by Gasteiger charge is 2.39. The molecule has 1 aromatic carbocycles. The largest absolute Gasteiger partial charge is 0.545 e. The molecule has 0 aliphatic rings. The second-order valence-corrected chi connectivity index (χ2v) is 10.7. The highest BCUT2D eigenvalue weighted by Crippen LogP contribution is 2.28. The second kappa shape index (κ2) is 19.5. The molecule has 0 radical (unpaired) electrons. The Morgan fingerprint density at radius 1 is 0.919 bits per heavy atom. The van der Waals surface area contributed by atoms with Gasteiger partial charge >= 0.3 is 14.9 Å². The average Bonchev–Trinajstić information content (AvgIpc) is 2.87. The highest BCUT2D eigenvalue weighted by molar-refractivity contribution is 6.60. The average molecular weight is 541 g/mol. The van der Waals surface area contributed by atoms with Crippen LogP contribution in [-0.2, 0) is 22.8 Å². The van der Waals surface area contributed by atoms with Crippen LogP contribution in [0.1, 0.15) is 58.4 Å². The summed E-state index contributed by atoms with van der Waals surface area (Å²) < 4.78 is 33.8. The van der Waals surface area contributed by atoms with Crippen molar-refractivity contribution >= 4 is 26.9 Å². The number of carboxylic acids is 1. The monoisotopic (exact) mass is 540 g/mol. The summed E-state index contributed by atoms with van der Waals surface area (Å²) in [6.07, 6.45) is 6.10. The van der Waals surface area contributed by atoms with Gasteiger partial charge in [-0.05, 0) is 76.6 Å². The third-order valence-corrected chi connectivity index (χ3v) is 8.30. The number of aliphatic carboxylic acids is 1. The Balaban J connectivity index is 2.18. The predicted molar refractivity (Wildman–Crippen MR) is 140 cm³/mol. The van der Waals surface area contributed by atoms with Crippen LogP contribution in [-0.4, -0.2) is 67.6 Å². The van der Waals surface area contributed by atoms with Gasteiger partial charge in [-0.2, -0.15) is 0 Å². The molecular formula is C26H42NO9Si-. The maximum absolute atomic E-state index is 11.9. The summed E-state index contributed by atoms with van der Waals surface area (Å²) in [5, 5.41) is 13.3. The number of carbonyl (C=O) groups is 2. The van der Waals surface area contributed by atoms with E-state index in [2.05, 4.69) is 5.32 Å². The Bertz CT molecular complexity index is 802. The molecule has 0 aromatic heterocycles. The van der Waals surface area contributed by atoms with Crippen molar-refractivity contribution in [1.82, 2.24) is 5.32 Å². The van der Waals surface area contributed by atoms with Crippen LogP contribution in [0.2, 0.25) is 6.04 Å². The van der Waals surface area contributed by atoms with Gasteiger partial charge in [0.05, 0.1) is 26.3 Å². The normalized spacial score (nSPS) is 11.5. The number of hydrogen-bond acceptors (Lipinski definition) is 9. The van der Waals surface area contributed by atoms with Crippen molar-refractivity contribution in [3.8, 4) is 11.5 Å². The standard InChI is InChI=1S/C26H43NO9Si/c1-5-34-37(35-6-2,36-7-3)20-12-17-27-26(30)33-19-11-9-8-10-18-32-23-15-13-22(14-16-25(28)29)21-24(23)31-4/h13-16,21H,5-12,17-20H2,1-4H3,(H,27,30)(H,28,29)/p-1/b16-14+. The lowest BCUT2D eigenvalue weighted by Gasteiger charge is -2.28. The lowest BCUT2D eigenvalue weighted by Crippen LogP contribution is -2.46. The van der Waals surface area contributed by atoms with Crippen LogP contribution < -0.4 is 19.9 Å². The molecule has 0 bridgehead atoms. The molecule has 1 rings (SSSR count). The Hall–Kier alpha value is -2.60. The summed E-state index contributed by atoms with van der Waals surface area (Å²) in [6.45, 7) is 8.69. The summed E-state index contributed by atoms with van der Waals surface area (Å²) in [4.78, 5) is 22.5. The maximum Gasteiger partial charge on any atom is 0.500 e. The highest BCUT2D eigenvalue weighted by atomic mass is 28.4. The molecule has 0 spiro atoms. The summed E-state index contributed by atoms with van der Waals surface area (Å²) in [6, 6.07) is 5.83. The maximum atomic E-state index is 11.9. The van der Waals surface area contributed by atoms with E-state index in [1.54, 1.807) is 18.2 Å². The molecule has 0 atom stereocenters. The smallest absolute Gasteiger partial charge is 0.500 e. The van der Waals surface area contributed by atoms with E-state index in [9.17, 15) is 14.7 Å². The molecular weight excluding hydrogens is 498 g/mol. The van der Waals surface area contributed by atoms with Crippen LogP contribution in [0.25, 0.3) is 6.08 Å². The second-order valence-electron chi connectivity index (χ2n) is 7.97. The fourth-order valence-electron chi connectivity index (χ4n) is 3.52. The van der Waals surface area contributed by atoms with Gasteiger partial charge in [-0.1, -0.05) is 12.1 Å². The summed E-state index contributed by atoms with van der Waals surface area (Å²) in [5.41, 5.74) is 0.675. The van der Waals surface area contributed by atoms with E-state index in [1.165, 1.54) is 13.2 Å². The molecule has 0 fully saturated rings. The van der Waals surface area contributed by atoms with E-state index in [0.29, 0.717) is 69.1 Å². The number of hydrogen-bond donors (Lipinski definition) is 1. The third kappa shape index (κ3) is 14.1. The van der Waals surface area contributed by atoms with Crippen molar-refractivity contribution in [2.75, 3.05) is 46.7 Å². The Labute approximate surface area is 221 Å². The fraction of sp³-hybridized carbons (Fsp3) is 0.615. The molecule has 0 unspecified atom stereocenters. The number of ether oxygens (including phenoxy) is 3. The van der Waals surface area contributed by atoms with Gasteiger partial charge in [-0.25, -0.2) is 4.79 Å². The number of methoxy groups -OCH3 is 1.